The minimum Gasteiger partial charge on any atom is -0.394 e. The van der Waals surface area contributed by atoms with Crippen LogP contribution in [0.5, 0.6) is 0 Å². The number of nitrogens with two attached hydrogens (primary N) is 4. The summed E-state index contributed by atoms with van der Waals surface area (Å²) in [6, 6.07) is 0. The average molecular weight is 517 g/mol. The van der Waals surface area contributed by atoms with E-state index in [0.29, 0.717) is 0 Å². The largest absolute Gasteiger partial charge is 0.394 e. The van der Waals surface area contributed by atoms with Crippen molar-refractivity contribution in [3.05, 3.63) is 12.7 Å². The van der Waals surface area contributed by atoms with E-state index in [1.165, 1.54) is 10.9 Å². The van der Waals surface area contributed by atoms with E-state index in [9.17, 15) is 19.3 Å². The van der Waals surface area contributed by atoms with E-state index < -0.39 is 50.3 Å². The SMILES string of the molecule is Nc1ncnc2c1ncn2[C@@H]1O[C@H](CO)C(N)(P(N)(=O)CCCl)[C@]1(O)P(N)(=O)CCCl. The monoisotopic (exact) mass is 516 g/mol. The van der Waals surface area contributed by atoms with E-state index in [2.05, 4.69) is 15.0 Å². The number of aliphatic hydroxyl groups excluding tert-OH is 1. The third-order valence-electron chi connectivity index (χ3n) is 5.56. The first-order valence-corrected chi connectivity index (χ1v) is 14.0. The van der Waals surface area contributed by atoms with Crippen LogP contribution in [-0.2, 0) is 13.9 Å². The van der Waals surface area contributed by atoms with Crippen LogP contribution in [-0.4, -0.2) is 77.1 Å². The molecule has 1 aliphatic heterocycles. The van der Waals surface area contributed by atoms with Crippen LogP contribution in [0.3, 0.4) is 0 Å². The molecule has 0 aliphatic carbocycles. The van der Waals surface area contributed by atoms with Crippen LogP contribution in [0.15, 0.2) is 12.7 Å². The number of hydrogen-bond donors (Lipinski definition) is 6. The van der Waals surface area contributed by atoms with E-state index in [1.54, 1.807) is 0 Å². The molecule has 10 N–H and O–H groups in total. The number of aromatic nitrogens is 4. The highest BCUT2D eigenvalue weighted by Crippen LogP contribution is 2.72. The Bertz CT molecular complexity index is 1070. The molecule has 2 aromatic heterocycles. The molecule has 3 heterocycles. The zero-order valence-corrected chi connectivity index (χ0v) is 19.5. The summed E-state index contributed by atoms with van der Waals surface area (Å²) < 4.78 is 34.2. The number of aliphatic hydroxyl groups is 2. The number of ether oxygens (including phenoxy) is 1. The van der Waals surface area contributed by atoms with Gasteiger partial charge in [-0.15, -0.1) is 23.2 Å². The summed E-state index contributed by atoms with van der Waals surface area (Å²) in [5.74, 6) is -0.369. The molecule has 13 nitrogen and oxygen atoms in total. The standard InChI is InChI=1S/C14H24Cl2N8O5P2/c15-1-3-30(19,27)13(18)8(5-25)29-12(14(13,26)31(20,28)4-2-16)24-7-23-9-10(17)21-6-22-11(9)24/h6-8,12,25-26H,1-5,18H2,(H2,19,27)(H2,20,28)(H2,17,21,22)/t8-,12-,13?,14-,30?,31?/m1/s1. The highest BCUT2D eigenvalue weighted by molar-refractivity contribution is 7.68. The van der Waals surface area contributed by atoms with Crippen molar-refractivity contribution in [2.75, 3.05) is 36.4 Å². The zero-order valence-electron chi connectivity index (χ0n) is 16.2. The lowest BCUT2D eigenvalue weighted by atomic mass is 10.1. The van der Waals surface area contributed by atoms with Crippen LogP contribution in [0.25, 0.3) is 11.2 Å². The van der Waals surface area contributed by atoms with Gasteiger partial charge in [0.15, 0.2) is 37.6 Å². The average Bonchev–Trinajstić information content (AvgIpc) is 3.22. The number of imidazole rings is 1. The van der Waals surface area contributed by atoms with Crippen molar-refractivity contribution in [2.45, 2.75) is 23.0 Å². The van der Waals surface area contributed by atoms with E-state index >= 15 is 0 Å². The minimum absolute atomic E-state index is 0.0336. The molecule has 31 heavy (non-hydrogen) atoms. The summed E-state index contributed by atoms with van der Waals surface area (Å²) in [6.45, 7) is -0.816. The Hall–Kier alpha value is -0.850. The van der Waals surface area contributed by atoms with Crippen LogP contribution >= 0.6 is 37.8 Å². The molecule has 0 radical (unpaired) electrons. The van der Waals surface area contributed by atoms with Crippen LogP contribution < -0.4 is 22.5 Å². The van der Waals surface area contributed by atoms with Crippen molar-refractivity contribution in [3.63, 3.8) is 0 Å². The van der Waals surface area contributed by atoms with Gasteiger partial charge in [0.05, 0.1) is 12.9 Å². The van der Waals surface area contributed by atoms with Gasteiger partial charge in [-0.1, -0.05) is 0 Å². The van der Waals surface area contributed by atoms with Crippen LogP contribution in [0, 0.1) is 0 Å². The summed E-state index contributed by atoms with van der Waals surface area (Å²) in [5, 5.41) is 16.8. The number of fused-ring (bicyclic) bond motifs is 1. The van der Waals surface area contributed by atoms with Crippen LogP contribution in [0.1, 0.15) is 6.23 Å². The van der Waals surface area contributed by atoms with Crippen molar-refractivity contribution in [1.82, 2.24) is 19.5 Å². The van der Waals surface area contributed by atoms with Gasteiger partial charge >= 0.3 is 0 Å². The van der Waals surface area contributed by atoms with Crippen LogP contribution in [0.4, 0.5) is 5.82 Å². The number of rotatable bonds is 8. The Morgan fingerprint density at radius 2 is 1.77 bits per heavy atom. The first-order chi connectivity index (χ1) is 14.4. The maximum Gasteiger partial charge on any atom is 0.204 e. The molecule has 17 heteroatoms. The molecule has 0 bridgehead atoms. The lowest BCUT2D eigenvalue weighted by molar-refractivity contribution is -0.0624. The molecular formula is C14H24Cl2N8O5P2. The van der Waals surface area contributed by atoms with Gasteiger partial charge < -0.3 is 35.5 Å². The maximum atomic E-state index is 13.7. The molecule has 1 fully saturated rings. The molecule has 1 aliphatic rings. The summed E-state index contributed by atoms with van der Waals surface area (Å²) in [5.41, 5.74) is 24.7. The molecule has 6 atom stereocenters. The van der Waals surface area contributed by atoms with Gasteiger partial charge in [-0.3, -0.25) is 15.6 Å². The fraction of sp³-hybridized carbons (Fsp3) is 0.643. The Kier molecular flexibility index (Phi) is 6.79. The molecule has 174 valence electrons. The fourth-order valence-corrected chi connectivity index (χ4v) is 10.2. The lowest BCUT2D eigenvalue weighted by Gasteiger charge is -2.46. The van der Waals surface area contributed by atoms with Crippen LogP contribution in [0.2, 0.25) is 0 Å². The van der Waals surface area contributed by atoms with E-state index in [1.807, 2.05) is 0 Å². The summed E-state index contributed by atoms with van der Waals surface area (Å²) >= 11 is 11.5. The second-order valence-electron chi connectivity index (χ2n) is 7.21. The van der Waals surface area contributed by atoms with E-state index in [4.69, 9.17) is 50.4 Å². The third kappa shape index (κ3) is 3.43. The number of hydrogen-bond acceptors (Lipinski definition) is 10. The van der Waals surface area contributed by atoms with Gasteiger partial charge in [0.25, 0.3) is 0 Å². The number of alkyl halides is 2. The second kappa shape index (κ2) is 8.49. The Labute approximate surface area is 187 Å². The van der Waals surface area contributed by atoms with Crippen molar-refractivity contribution in [2.24, 2.45) is 16.7 Å². The smallest absolute Gasteiger partial charge is 0.204 e. The molecule has 2 aromatic rings. The van der Waals surface area contributed by atoms with Gasteiger partial charge in [-0.2, -0.15) is 0 Å². The lowest BCUT2D eigenvalue weighted by Crippen LogP contribution is -2.66. The molecule has 0 saturated carbocycles. The highest BCUT2D eigenvalue weighted by Gasteiger charge is 2.77. The maximum absolute atomic E-state index is 13.7. The highest BCUT2D eigenvalue weighted by atomic mass is 35.5. The van der Waals surface area contributed by atoms with Crippen molar-refractivity contribution < 1.29 is 24.1 Å². The fourth-order valence-electron chi connectivity index (χ4n) is 3.89. The Morgan fingerprint density at radius 3 is 2.35 bits per heavy atom. The molecular weight excluding hydrogens is 493 g/mol. The number of halogens is 2. The molecule has 0 aromatic carbocycles. The predicted molar refractivity (Wildman–Crippen MR) is 117 cm³/mol. The first kappa shape index (κ1) is 24.8. The van der Waals surface area contributed by atoms with Crippen molar-refractivity contribution >= 4 is 54.8 Å². The van der Waals surface area contributed by atoms with Gasteiger partial charge in [0.1, 0.15) is 17.9 Å². The molecule has 3 rings (SSSR count). The van der Waals surface area contributed by atoms with E-state index in [0.717, 1.165) is 6.33 Å². The molecule has 0 spiro atoms. The van der Waals surface area contributed by atoms with Gasteiger partial charge in [0, 0.05) is 24.1 Å². The number of nitrogen functional groups attached to an aromatic ring is 1. The molecule has 0 amide bonds. The summed E-state index contributed by atoms with van der Waals surface area (Å²) in [6.07, 6.45) is -1.58. The number of anilines is 1. The normalized spacial score (nSPS) is 32.7. The quantitative estimate of drug-likeness (QED) is 0.194. The van der Waals surface area contributed by atoms with Gasteiger partial charge in [-0.25, -0.2) is 15.0 Å². The first-order valence-electron chi connectivity index (χ1n) is 9.01. The van der Waals surface area contributed by atoms with E-state index in [-0.39, 0.29) is 34.9 Å². The second-order valence-corrected chi connectivity index (χ2v) is 13.5. The van der Waals surface area contributed by atoms with Crippen molar-refractivity contribution in [1.29, 1.82) is 0 Å². The summed E-state index contributed by atoms with van der Waals surface area (Å²) in [7, 11) is -8.44. The van der Waals surface area contributed by atoms with Gasteiger partial charge in [0.2, 0.25) is 5.34 Å². The topological polar surface area (TPSA) is 232 Å². The third-order valence-corrected chi connectivity index (χ3v) is 12.0. The Morgan fingerprint density at radius 1 is 1.16 bits per heavy atom. The summed E-state index contributed by atoms with van der Waals surface area (Å²) in [4.78, 5) is 12.0. The zero-order chi connectivity index (χ0) is 23.2. The van der Waals surface area contributed by atoms with Gasteiger partial charge in [-0.05, 0) is 0 Å². The Balaban J connectivity index is 2.34. The van der Waals surface area contributed by atoms with Crippen molar-refractivity contribution in [3.8, 4) is 0 Å². The molecule has 1 saturated heterocycles. The minimum atomic E-state index is -4.29. The predicted octanol–water partition coefficient (Wildman–Crippen LogP) is -0.407. The number of nitrogens with zero attached hydrogens (tertiary/aromatic N) is 4. The molecule has 3 unspecified atom stereocenters.